The van der Waals surface area contributed by atoms with Crippen LogP contribution in [0.4, 0.5) is 5.69 Å². The van der Waals surface area contributed by atoms with Crippen molar-refractivity contribution < 1.29 is 18.5 Å². The van der Waals surface area contributed by atoms with Crippen LogP contribution in [0.5, 0.6) is 5.75 Å². The molecule has 0 aliphatic heterocycles. The maximum absolute atomic E-state index is 12.9. The number of carbonyl (C=O) groups is 1. The van der Waals surface area contributed by atoms with Gasteiger partial charge in [0.25, 0.3) is 11.8 Å². The summed E-state index contributed by atoms with van der Waals surface area (Å²) in [5.41, 5.74) is 2.12. The molecule has 0 bridgehead atoms. The number of para-hydroxylation sites is 1. The molecular formula is C24H22BrN3O4. The van der Waals surface area contributed by atoms with Gasteiger partial charge in [-0.25, -0.2) is 0 Å². The summed E-state index contributed by atoms with van der Waals surface area (Å²) >= 11 is 3.41. The largest absolute Gasteiger partial charge is 0.486 e. The van der Waals surface area contributed by atoms with E-state index in [0.29, 0.717) is 34.5 Å². The summed E-state index contributed by atoms with van der Waals surface area (Å²) in [6.45, 7) is 6.09. The van der Waals surface area contributed by atoms with Crippen LogP contribution in [0.3, 0.4) is 0 Å². The second kappa shape index (κ2) is 9.40. The van der Waals surface area contributed by atoms with Crippen LogP contribution in [0.15, 0.2) is 68.0 Å². The molecule has 0 unspecified atom stereocenters. The van der Waals surface area contributed by atoms with Crippen molar-refractivity contribution in [2.75, 3.05) is 5.32 Å². The van der Waals surface area contributed by atoms with Crippen molar-refractivity contribution in [3.8, 4) is 17.2 Å². The first-order chi connectivity index (χ1) is 15.4. The molecule has 32 heavy (non-hydrogen) atoms. The van der Waals surface area contributed by atoms with E-state index in [9.17, 15) is 4.79 Å². The van der Waals surface area contributed by atoms with Crippen LogP contribution < -0.4 is 10.1 Å². The fraction of sp³-hybridized carbons (Fsp3) is 0.208. The molecule has 4 aromatic rings. The number of rotatable bonds is 7. The second-order valence-electron chi connectivity index (χ2n) is 7.58. The van der Waals surface area contributed by atoms with Crippen LogP contribution in [-0.2, 0) is 6.61 Å². The summed E-state index contributed by atoms with van der Waals surface area (Å²) in [5.74, 6) is 2.15. The number of aromatic nitrogens is 2. The standard InChI is InChI=1S/C24H22BrN3O4/c1-14(2)22-27-24(32-28-22)19-9-4-6-15(3)21(19)26-23(29)20-11-10-18(31-20)13-30-17-8-5-7-16(25)12-17/h4-12,14H,13H2,1-3H3,(H,26,29). The predicted octanol–water partition coefficient (Wildman–Crippen LogP) is 6.36. The summed E-state index contributed by atoms with van der Waals surface area (Å²) in [4.78, 5) is 17.3. The quantitative estimate of drug-likeness (QED) is 0.321. The average molecular weight is 496 g/mol. The van der Waals surface area contributed by atoms with E-state index in [0.717, 1.165) is 10.0 Å². The molecule has 0 saturated heterocycles. The average Bonchev–Trinajstić information content (AvgIpc) is 3.44. The van der Waals surface area contributed by atoms with Gasteiger partial charge in [0, 0.05) is 10.4 Å². The zero-order valence-corrected chi connectivity index (χ0v) is 19.5. The molecule has 0 spiro atoms. The molecule has 8 heteroatoms. The third-order valence-corrected chi connectivity index (χ3v) is 5.26. The van der Waals surface area contributed by atoms with Crippen LogP contribution in [0.1, 0.15) is 47.5 Å². The smallest absolute Gasteiger partial charge is 0.291 e. The van der Waals surface area contributed by atoms with Gasteiger partial charge in [0.05, 0.1) is 11.3 Å². The Morgan fingerprint density at radius 2 is 1.97 bits per heavy atom. The Kier molecular flexibility index (Phi) is 6.41. The van der Waals surface area contributed by atoms with Crippen LogP contribution in [0.25, 0.3) is 11.5 Å². The molecule has 1 N–H and O–H groups in total. The van der Waals surface area contributed by atoms with Gasteiger partial charge in [0.2, 0.25) is 0 Å². The minimum absolute atomic E-state index is 0.135. The Bertz CT molecular complexity index is 1250. The number of carbonyl (C=O) groups excluding carboxylic acids is 1. The normalized spacial score (nSPS) is 11.0. The first-order valence-electron chi connectivity index (χ1n) is 10.1. The molecule has 0 aliphatic rings. The van der Waals surface area contributed by atoms with Crippen molar-refractivity contribution in [1.29, 1.82) is 0 Å². The van der Waals surface area contributed by atoms with Gasteiger partial charge in [0.15, 0.2) is 11.6 Å². The number of benzene rings is 2. The molecule has 2 heterocycles. The summed E-state index contributed by atoms with van der Waals surface area (Å²) in [6, 6.07) is 16.5. The summed E-state index contributed by atoms with van der Waals surface area (Å²) in [6.07, 6.45) is 0. The maximum atomic E-state index is 12.9. The fourth-order valence-electron chi connectivity index (χ4n) is 3.05. The molecule has 2 aromatic carbocycles. The zero-order chi connectivity index (χ0) is 22.7. The number of nitrogens with one attached hydrogen (secondary N) is 1. The Morgan fingerprint density at radius 1 is 1.16 bits per heavy atom. The third kappa shape index (κ3) is 4.91. The topological polar surface area (TPSA) is 90.4 Å². The molecule has 0 saturated carbocycles. The second-order valence-corrected chi connectivity index (χ2v) is 8.49. The third-order valence-electron chi connectivity index (χ3n) is 4.76. The number of halogens is 1. The highest BCUT2D eigenvalue weighted by Gasteiger charge is 2.19. The lowest BCUT2D eigenvalue weighted by atomic mass is 10.1. The van der Waals surface area contributed by atoms with E-state index in [2.05, 4.69) is 31.4 Å². The van der Waals surface area contributed by atoms with Gasteiger partial charge in [0.1, 0.15) is 18.1 Å². The molecule has 164 valence electrons. The Morgan fingerprint density at radius 3 is 2.72 bits per heavy atom. The maximum Gasteiger partial charge on any atom is 0.291 e. The van der Waals surface area contributed by atoms with Crippen LogP contribution in [0, 0.1) is 6.92 Å². The van der Waals surface area contributed by atoms with E-state index in [-0.39, 0.29) is 24.2 Å². The molecule has 4 rings (SSSR count). The van der Waals surface area contributed by atoms with Crippen molar-refractivity contribution in [3.63, 3.8) is 0 Å². The van der Waals surface area contributed by atoms with E-state index < -0.39 is 0 Å². The first kappa shape index (κ1) is 21.8. The number of amides is 1. The number of hydrogen-bond acceptors (Lipinski definition) is 6. The lowest BCUT2D eigenvalue weighted by Gasteiger charge is -2.11. The van der Waals surface area contributed by atoms with Crippen LogP contribution in [0.2, 0.25) is 0 Å². The number of furan rings is 1. The lowest BCUT2D eigenvalue weighted by Crippen LogP contribution is -2.13. The fourth-order valence-corrected chi connectivity index (χ4v) is 3.43. The molecule has 0 fully saturated rings. The number of hydrogen-bond donors (Lipinski definition) is 1. The van der Waals surface area contributed by atoms with Crippen molar-refractivity contribution in [1.82, 2.24) is 10.1 Å². The summed E-state index contributed by atoms with van der Waals surface area (Å²) in [7, 11) is 0. The summed E-state index contributed by atoms with van der Waals surface area (Å²) < 4.78 is 17.8. The van der Waals surface area contributed by atoms with Gasteiger partial charge in [-0.05, 0) is 48.9 Å². The number of ether oxygens (including phenoxy) is 1. The number of aryl methyl sites for hydroxylation is 1. The van der Waals surface area contributed by atoms with Gasteiger partial charge < -0.3 is 19.0 Å². The molecule has 0 aliphatic carbocycles. The van der Waals surface area contributed by atoms with Crippen molar-refractivity contribution in [2.24, 2.45) is 0 Å². The van der Waals surface area contributed by atoms with E-state index >= 15 is 0 Å². The van der Waals surface area contributed by atoms with Crippen molar-refractivity contribution >= 4 is 27.5 Å². The first-order valence-corrected chi connectivity index (χ1v) is 10.9. The molecular weight excluding hydrogens is 474 g/mol. The van der Waals surface area contributed by atoms with E-state index in [4.69, 9.17) is 13.7 Å². The molecule has 1 amide bonds. The van der Waals surface area contributed by atoms with Gasteiger partial charge >= 0.3 is 0 Å². The highest BCUT2D eigenvalue weighted by Crippen LogP contribution is 2.31. The highest BCUT2D eigenvalue weighted by molar-refractivity contribution is 9.10. The predicted molar refractivity (Wildman–Crippen MR) is 124 cm³/mol. The van der Waals surface area contributed by atoms with Crippen molar-refractivity contribution in [3.05, 3.63) is 82.0 Å². The highest BCUT2D eigenvalue weighted by atomic mass is 79.9. The van der Waals surface area contributed by atoms with Crippen LogP contribution >= 0.6 is 15.9 Å². The Labute approximate surface area is 193 Å². The summed E-state index contributed by atoms with van der Waals surface area (Å²) in [5, 5.41) is 6.94. The van der Waals surface area contributed by atoms with Gasteiger partial charge in [-0.15, -0.1) is 0 Å². The molecule has 0 radical (unpaired) electrons. The zero-order valence-electron chi connectivity index (χ0n) is 17.9. The molecule has 0 atom stereocenters. The Balaban J connectivity index is 1.49. The van der Waals surface area contributed by atoms with Crippen LogP contribution in [-0.4, -0.2) is 16.0 Å². The lowest BCUT2D eigenvalue weighted by molar-refractivity contribution is 0.0992. The monoisotopic (exact) mass is 495 g/mol. The SMILES string of the molecule is Cc1cccc(-c2nc(C(C)C)no2)c1NC(=O)c1ccc(COc2cccc(Br)c2)o1. The molecule has 2 aromatic heterocycles. The van der Waals surface area contributed by atoms with Crippen molar-refractivity contribution in [2.45, 2.75) is 33.3 Å². The number of anilines is 1. The Hall–Kier alpha value is -3.39. The van der Waals surface area contributed by atoms with Gasteiger partial charge in [-0.2, -0.15) is 4.98 Å². The van der Waals surface area contributed by atoms with E-state index in [1.807, 2.05) is 63.2 Å². The van der Waals surface area contributed by atoms with E-state index in [1.54, 1.807) is 12.1 Å². The number of nitrogens with zero attached hydrogens (tertiary/aromatic N) is 2. The minimum Gasteiger partial charge on any atom is -0.486 e. The van der Waals surface area contributed by atoms with E-state index in [1.165, 1.54) is 0 Å². The van der Waals surface area contributed by atoms with Gasteiger partial charge in [-0.3, -0.25) is 4.79 Å². The minimum atomic E-state index is -0.377. The molecule has 7 nitrogen and oxygen atoms in total. The van der Waals surface area contributed by atoms with Gasteiger partial charge in [-0.1, -0.05) is 53.1 Å².